The van der Waals surface area contributed by atoms with Crippen molar-refractivity contribution in [1.82, 2.24) is 9.80 Å². The number of hydrogen-bond donors (Lipinski definition) is 0. The maximum Gasteiger partial charge on any atom is 0.254 e. The summed E-state index contributed by atoms with van der Waals surface area (Å²) < 4.78 is 15.9. The lowest BCUT2D eigenvalue weighted by Gasteiger charge is -2.33. The van der Waals surface area contributed by atoms with Gasteiger partial charge in [0.15, 0.2) is 0 Å². The molecule has 1 aliphatic heterocycles. The molecule has 3 rings (SSSR count). The number of rotatable bonds is 7. The lowest BCUT2D eigenvalue weighted by atomic mass is 9.94. The van der Waals surface area contributed by atoms with Crippen LogP contribution in [0.3, 0.4) is 0 Å². The summed E-state index contributed by atoms with van der Waals surface area (Å²) >= 11 is 6.11. The second-order valence-electron chi connectivity index (χ2n) is 7.82. The maximum atomic E-state index is 13.0. The molecule has 172 valence electrons. The quantitative estimate of drug-likeness (QED) is 0.627. The van der Waals surface area contributed by atoms with Crippen molar-refractivity contribution in [2.45, 2.75) is 19.4 Å². The molecule has 0 aromatic heterocycles. The van der Waals surface area contributed by atoms with Gasteiger partial charge in [-0.2, -0.15) is 0 Å². The Morgan fingerprint density at radius 2 is 1.62 bits per heavy atom. The van der Waals surface area contributed by atoms with Gasteiger partial charge in [0.05, 0.1) is 21.3 Å². The Balaban J connectivity index is 1.61. The molecule has 7 nitrogen and oxygen atoms in total. The number of likely N-dealkylation sites (tertiary alicyclic amines) is 1. The van der Waals surface area contributed by atoms with Crippen LogP contribution >= 0.6 is 11.6 Å². The van der Waals surface area contributed by atoms with E-state index in [4.69, 9.17) is 25.8 Å². The van der Waals surface area contributed by atoms with Gasteiger partial charge in [-0.05, 0) is 43.2 Å². The standard InChI is InChI=1S/C24H29ClN2O5/c1-26(15-18-11-19(25)5-6-22(18)32-4)23(28)16-7-9-27(10-8-16)24(29)17-12-20(30-2)14-21(13-17)31-3/h5-6,11-14,16H,7-10,15H2,1-4H3. The topological polar surface area (TPSA) is 68.3 Å². The van der Waals surface area contributed by atoms with Crippen molar-refractivity contribution in [3.05, 3.63) is 52.5 Å². The summed E-state index contributed by atoms with van der Waals surface area (Å²) in [5, 5.41) is 0.600. The minimum atomic E-state index is -0.130. The van der Waals surface area contributed by atoms with Crippen LogP contribution in [0, 0.1) is 5.92 Å². The molecule has 1 heterocycles. The summed E-state index contributed by atoms with van der Waals surface area (Å²) in [7, 11) is 6.48. The number of benzene rings is 2. The van der Waals surface area contributed by atoms with Gasteiger partial charge in [0.25, 0.3) is 5.91 Å². The fraction of sp³-hybridized carbons (Fsp3) is 0.417. The molecule has 0 saturated carbocycles. The van der Waals surface area contributed by atoms with Gasteiger partial charge in [-0.15, -0.1) is 0 Å². The highest BCUT2D eigenvalue weighted by Crippen LogP contribution is 2.28. The summed E-state index contributed by atoms with van der Waals surface area (Å²) in [6, 6.07) is 10.5. The molecule has 0 N–H and O–H groups in total. The first-order valence-electron chi connectivity index (χ1n) is 10.5. The third kappa shape index (κ3) is 5.46. The van der Waals surface area contributed by atoms with Gasteiger partial charge in [-0.25, -0.2) is 0 Å². The molecule has 0 unspecified atom stereocenters. The number of halogens is 1. The highest BCUT2D eigenvalue weighted by molar-refractivity contribution is 6.30. The first kappa shape index (κ1) is 23.7. The molecule has 2 aromatic rings. The van der Waals surface area contributed by atoms with Gasteiger partial charge < -0.3 is 24.0 Å². The Kier molecular flexibility index (Phi) is 7.85. The molecular formula is C24H29ClN2O5. The van der Waals surface area contributed by atoms with Crippen LogP contribution in [0.1, 0.15) is 28.8 Å². The summed E-state index contributed by atoms with van der Waals surface area (Å²) in [5.74, 6) is 1.66. The largest absolute Gasteiger partial charge is 0.497 e. The van der Waals surface area contributed by atoms with Crippen molar-refractivity contribution in [3.8, 4) is 17.2 Å². The molecule has 0 radical (unpaired) electrons. The minimum Gasteiger partial charge on any atom is -0.497 e. The van der Waals surface area contributed by atoms with Crippen molar-refractivity contribution < 1.29 is 23.8 Å². The van der Waals surface area contributed by atoms with Crippen molar-refractivity contribution in [3.63, 3.8) is 0 Å². The van der Waals surface area contributed by atoms with E-state index in [1.807, 2.05) is 6.07 Å². The third-order valence-electron chi connectivity index (χ3n) is 5.76. The van der Waals surface area contributed by atoms with Gasteiger partial charge in [0, 0.05) is 54.8 Å². The average molecular weight is 461 g/mol. The summed E-state index contributed by atoms with van der Waals surface area (Å²) in [4.78, 5) is 29.5. The van der Waals surface area contributed by atoms with E-state index in [0.29, 0.717) is 60.3 Å². The van der Waals surface area contributed by atoms with E-state index in [-0.39, 0.29) is 17.7 Å². The van der Waals surface area contributed by atoms with Crippen molar-refractivity contribution in [1.29, 1.82) is 0 Å². The number of hydrogen-bond acceptors (Lipinski definition) is 5. The molecule has 2 aromatic carbocycles. The molecule has 1 aliphatic rings. The summed E-state index contributed by atoms with van der Waals surface area (Å²) in [5.41, 5.74) is 1.37. The molecular weight excluding hydrogens is 432 g/mol. The second-order valence-corrected chi connectivity index (χ2v) is 8.25. The van der Waals surface area contributed by atoms with E-state index in [0.717, 1.165) is 5.56 Å². The second kappa shape index (κ2) is 10.6. The molecule has 0 atom stereocenters. The smallest absolute Gasteiger partial charge is 0.254 e. The summed E-state index contributed by atoms with van der Waals surface area (Å²) in [6.07, 6.45) is 1.23. The Labute approximate surface area is 193 Å². The van der Waals surface area contributed by atoms with E-state index in [2.05, 4.69) is 0 Å². The fourth-order valence-corrected chi connectivity index (χ4v) is 4.15. The lowest BCUT2D eigenvalue weighted by molar-refractivity contribution is -0.136. The van der Waals surface area contributed by atoms with Gasteiger partial charge in [0.1, 0.15) is 17.2 Å². The van der Waals surface area contributed by atoms with Crippen LogP contribution in [-0.2, 0) is 11.3 Å². The van der Waals surface area contributed by atoms with E-state index < -0.39 is 0 Å². The van der Waals surface area contributed by atoms with E-state index in [1.54, 1.807) is 68.5 Å². The molecule has 8 heteroatoms. The van der Waals surface area contributed by atoms with Gasteiger partial charge in [0.2, 0.25) is 5.91 Å². The third-order valence-corrected chi connectivity index (χ3v) is 5.99. The number of nitrogens with zero attached hydrogens (tertiary/aromatic N) is 2. The van der Waals surface area contributed by atoms with Gasteiger partial charge >= 0.3 is 0 Å². The Morgan fingerprint density at radius 3 is 2.19 bits per heavy atom. The first-order chi connectivity index (χ1) is 15.4. The molecule has 1 saturated heterocycles. The lowest BCUT2D eigenvalue weighted by Crippen LogP contribution is -2.43. The average Bonchev–Trinajstić information content (AvgIpc) is 2.82. The van der Waals surface area contributed by atoms with Crippen LogP contribution in [-0.4, -0.2) is 63.1 Å². The Bertz CT molecular complexity index is 951. The zero-order valence-electron chi connectivity index (χ0n) is 18.9. The predicted octanol–water partition coefficient (Wildman–Crippen LogP) is 3.88. The van der Waals surface area contributed by atoms with Gasteiger partial charge in [-0.1, -0.05) is 11.6 Å². The molecule has 0 aliphatic carbocycles. The Morgan fingerprint density at radius 1 is 1.00 bits per heavy atom. The van der Waals surface area contributed by atoms with Gasteiger partial charge in [-0.3, -0.25) is 9.59 Å². The monoisotopic (exact) mass is 460 g/mol. The normalized spacial score (nSPS) is 14.1. The highest BCUT2D eigenvalue weighted by atomic mass is 35.5. The van der Waals surface area contributed by atoms with Crippen molar-refractivity contribution in [2.75, 3.05) is 41.5 Å². The SMILES string of the molecule is COc1cc(OC)cc(C(=O)N2CCC(C(=O)N(C)Cc3cc(Cl)ccc3OC)CC2)c1. The number of piperidine rings is 1. The zero-order chi connectivity index (χ0) is 23.3. The minimum absolute atomic E-state index is 0.0576. The maximum absolute atomic E-state index is 13.0. The number of carbonyl (C=O) groups excluding carboxylic acids is 2. The van der Waals surface area contributed by atoms with Crippen molar-refractivity contribution in [2.24, 2.45) is 5.92 Å². The summed E-state index contributed by atoms with van der Waals surface area (Å²) in [6.45, 7) is 1.44. The van der Waals surface area contributed by atoms with E-state index in [1.165, 1.54) is 0 Å². The number of ether oxygens (including phenoxy) is 3. The van der Waals surface area contributed by atoms with Crippen LogP contribution in [0.25, 0.3) is 0 Å². The van der Waals surface area contributed by atoms with Crippen LogP contribution in [0.4, 0.5) is 0 Å². The fourth-order valence-electron chi connectivity index (χ4n) is 3.96. The van der Waals surface area contributed by atoms with Crippen LogP contribution in [0.5, 0.6) is 17.2 Å². The number of amides is 2. The number of methoxy groups -OCH3 is 3. The van der Waals surface area contributed by atoms with Crippen LogP contribution < -0.4 is 14.2 Å². The molecule has 32 heavy (non-hydrogen) atoms. The highest BCUT2D eigenvalue weighted by Gasteiger charge is 2.30. The van der Waals surface area contributed by atoms with E-state index >= 15 is 0 Å². The first-order valence-corrected chi connectivity index (χ1v) is 10.8. The predicted molar refractivity (Wildman–Crippen MR) is 123 cm³/mol. The molecule has 2 amide bonds. The van der Waals surface area contributed by atoms with Crippen LogP contribution in [0.2, 0.25) is 5.02 Å². The van der Waals surface area contributed by atoms with E-state index in [9.17, 15) is 9.59 Å². The zero-order valence-corrected chi connectivity index (χ0v) is 19.6. The number of carbonyl (C=O) groups is 2. The van der Waals surface area contributed by atoms with Crippen molar-refractivity contribution >= 4 is 23.4 Å². The molecule has 0 bridgehead atoms. The molecule has 1 fully saturated rings. The Hall–Kier alpha value is -2.93. The molecule has 0 spiro atoms. The van der Waals surface area contributed by atoms with Crippen LogP contribution in [0.15, 0.2) is 36.4 Å².